The summed E-state index contributed by atoms with van der Waals surface area (Å²) in [5.41, 5.74) is 0. The van der Waals surface area contributed by atoms with E-state index in [0.717, 1.165) is 15.1 Å². The summed E-state index contributed by atoms with van der Waals surface area (Å²) >= 11 is 4.42. The number of hydrogen-bond acceptors (Lipinski definition) is 6. The summed E-state index contributed by atoms with van der Waals surface area (Å²) < 4.78 is 35.8. The molecule has 128 valence electrons. The van der Waals surface area contributed by atoms with Crippen LogP contribution in [-0.2, 0) is 16.6 Å². The fourth-order valence-electron chi connectivity index (χ4n) is 2.00. The summed E-state index contributed by atoms with van der Waals surface area (Å²) in [5, 5.41) is 8.08. The SMILES string of the molecule is CCn1c(OC(C)C)nnc1[C@@H](C)NS(=O)(=O)c1ccc(Br)s1. The van der Waals surface area contributed by atoms with Gasteiger partial charge in [0.05, 0.1) is 15.9 Å². The van der Waals surface area contributed by atoms with Crippen molar-refractivity contribution >= 4 is 37.3 Å². The monoisotopic (exact) mass is 422 g/mol. The Hall–Kier alpha value is -0.970. The highest BCUT2D eigenvalue weighted by Crippen LogP contribution is 2.27. The molecule has 0 spiro atoms. The molecule has 0 saturated heterocycles. The second-order valence-corrected chi connectivity index (χ2v) is 9.56. The van der Waals surface area contributed by atoms with Gasteiger partial charge in [-0.05, 0) is 55.8 Å². The molecule has 0 unspecified atom stereocenters. The molecular formula is C13H19BrN4O3S2. The fourth-order valence-corrected chi connectivity index (χ4v) is 5.23. The zero-order valence-corrected chi connectivity index (χ0v) is 16.5. The molecule has 0 amide bonds. The number of halogens is 1. The van der Waals surface area contributed by atoms with E-state index in [-0.39, 0.29) is 10.3 Å². The predicted octanol–water partition coefficient (Wildman–Crippen LogP) is 2.95. The lowest BCUT2D eigenvalue weighted by Crippen LogP contribution is -2.28. The third-order valence-corrected chi connectivity index (χ3v) is 6.59. The Kier molecular flexibility index (Phi) is 5.82. The first kappa shape index (κ1) is 18.4. The summed E-state index contributed by atoms with van der Waals surface area (Å²) in [5.74, 6) is 0.516. The van der Waals surface area contributed by atoms with Crippen LogP contribution in [0, 0.1) is 0 Å². The van der Waals surface area contributed by atoms with Crippen LogP contribution in [0.2, 0.25) is 0 Å². The third-order valence-electron chi connectivity index (χ3n) is 2.94. The van der Waals surface area contributed by atoms with Gasteiger partial charge >= 0.3 is 6.01 Å². The molecule has 2 aromatic heterocycles. The number of nitrogens with one attached hydrogen (secondary N) is 1. The van der Waals surface area contributed by atoms with Gasteiger partial charge in [-0.2, -0.15) is 4.72 Å². The third kappa shape index (κ3) is 4.31. The summed E-state index contributed by atoms with van der Waals surface area (Å²) in [4.78, 5) is 0. The van der Waals surface area contributed by atoms with Crippen molar-refractivity contribution in [2.45, 2.75) is 50.6 Å². The first-order chi connectivity index (χ1) is 10.7. The molecular weight excluding hydrogens is 404 g/mol. The number of aromatic nitrogens is 3. The Morgan fingerprint density at radius 2 is 2.04 bits per heavy atom. The van der Waals surface area contributed by atoms with Crippen LogP contribution in [0.4, 0.5) is 0 Å². The summed E-state index contributed by atoms with van der Waals surface area (Å²) in [7, 11) is -3.61. The number of thiophene rings is 1. The van der Waals surface area contributed by atoms with Crippen molar-refractivity contribution in [2.75, 3.05) is 0 Å². The van der Waals surface area contributed by atoms with Crippen LogP contribution < -0.4 is 9.46 Å². The van der Waals surface area contributed by atoms with E-state index in [1.165, 1.54) is 0 Å². The van der Waals surface area contributed by atoms with E-state index in [1.54, 1.807) is 23.6 Å². The van der Waals surface area contributed by atoms with Crippen molar-refractivity contribution in [3.63, 3.8) is 0 Å². The van der Waals surface area contributed by atoms with Gasteiger partial charge in [0.2, 0.25) is 0 Å². The minimum atomic E-state index is -3.61. The lowest BCUT2D eigenvalue weighted by atomic mass is 10.3. The Morgan fingerprint density at radius 1 is 1.35 bits per heavy atom. The Labute approximate surface area is 148 Å². The van der Waals surface area contributed by atoms with E-state index in [0.29, 0.717) is 18.4 Å². The minimum absolute atomic E-state index is 0.0344. The van der Waals surface area contributed by atoms with Crippen molar-refractivity contribution in [3.05, 3.63) is 21.7 Å². The van der Waals surface area contributed by atoms with Crippen LogP contribution in [0.3, 0.4) is 0 Å². The quantitative estimate of drug-likeness (QED) is 0.740. The molecule has 1 N–H and O–H groups in total. The highest BCUT2D eigenvalue weighted by Gasteiger charge is 2.25. The Bertz CT molecular complexity index is 770. The van der Waals surface area contributed by atoms with Crippen molar-refractivity contribution in [3.8, 4) is 6.01 Å². The number of nitrogens with zero attached hydrogens (tertiary/aromatic N) is 3. The predicted molar refractivity (Wildman–Crippen MR) is 92.2 cm³/mol. The van der Waals surface area contributed by atoms with E-state index >= 15 is 0 Å². The number of sulfonamides is 1. The van der Waals surface area contributed by atoms with E-state index in [1.807, 2.05) is 20.8 Å². The maximum absolute atomic E-state index is 12.4. The van der Waals surface area contributed by atoms with Gasteiger partial charge in [0.15, 0.2) is 5.82 Å². The van der Waals surface area contributed by atoms with Crippen molar-refractivity contribution in [2.24, 2.45) is 0 Å². The van der Waals surface area contributed by atoms with Gasteiger partial charge in [-0.25, -0.2) is 8.42 Å². The Morgan fingerprint density at radius 3 is 2.57 bits per heavy atom. The fraction of sp³-hybridized carbons (Fsp3) is 0.538. The molecule has 0 saturated carbocycles. The second kappa shape index (κ2) is 7.29. The maximum atomic E-state index is 12.4. The van der Waals surface area contributed by atoms with Gasteiger partial charge in [-0.1, -0.05) is 5.10 Å². The molecule has 1 atom stereocenters. The first-order valence-electron chi connectivity index (χ1n) is 7.12. The maximum Gasteiger partial charge on any atom is 0.317 e. The zero-order chi connectivity index (χ0) is 17.2. The topological polar surface area (TPSA) is 86.1 Å². The molecule has 2 aromatic rings. The molecule has 0 aromatic carbocycles. The molecule has 0 bridgehead atoms. The largest absolute Gasteiger partial charge is 0.461 e. The van der Waals surface area contributed by atoms with E-state index < -0.39 is 16.1 Å². The van der Waals surface area contributed by atoms with Gasteiger partial charge in [-0.15, -0.1) is 16.4 Å². The summed E-state index contributed by atoms with van der Waals surface area (Å²) in [6, 6.07) is 3.12. The lowest BCUT2D eigenvalue weighted by Gasteiger charge is -2.15. The average Bonchev–Trinajstić information content (AvgIpc) is 3.04. The van der Waals surface area contributed by atoms with Gasteiger partial charge in [-0.3, -0.25) is 4.57 Å². The van der Waals surface area contributed by atoms with Crippen LogP contribution in [0.5, 0.6) is 6.01 Å². The van der Waals surface area contributed by atoms with Crippen LogP contribution in [0.1, 0.15) is 39.6 Å². The van der Waals surface area contributed by atoms with Gasteiger partial charge in [0.25, 0.3) is 10.0 Å². The van der Waals surface area contributed by atoms with Gasteiger partial charge < -0.3 is 4.74 Å². The molecule has 0 aliphatic carbocycles. The molecule has 0 aliphatic rings. The molecule has 23 heavy (non-hydrogen) atoms. The summed E-state index contributed by atoms with van der Waals surface area (Å²) in [6.45, 7) is 8.04. The normalized spacial score (nSPS) is 13.5. The number of ether oxygens (including phenoxy) is 1. The molecule has 0 fully saturated rings. The molecule has 7 nitrogen and oxygen atoms in total. The highest BCUT2D eigenvalue weighted by atomic mass is 79.9. The smallest absolute Gasteiger partial charge is 0.317 e. The van der Waals surface area contributed by atoms with Gasteiger partial charge in [0.1, 0.15) is 4.21 Å². The lowest BCUT2D eigenvalue weighted by molar-refractivity contribution is 0.211. The van der Waals surface area contributed by atoms with Gasteiger partial charge in [0, 0.05) is 6.54 Å². The molecule has 0 aliphatic heterocycles. The highest BCUT2D eigenvalue weighted by molar-refractivity contribution is 9.11. The van der Waals surface area contributed by atoms with E-state index in [2.05, 4.69) is 30.8 Å². The molecule has 2 rings (SSSR count). The first-order valence-corrected chi connectivity index (χ1v) is 10.2. The minimum Gasteiger partial charge on any atom is -0.461 e. The van der Waals surface area contributed by atoms with Crippen LogP contribution in [-0.4, -0.2) is 29.3 Å². The van der Waals surface area contributed by atoms with Crippen molar-refractivity contribution < 1.29 is 13.2 Å². The Balaban J connectivity index is 2.24. The standard InChI is InChI=1S/C13H19BrN4O3S2/c1-5-18-12(15-16-13(18)21-8(2)3)9(4)17-23(19,20)11-7-6-10(14)22-11/h6-9,17H,5H2,1-4H3/t9-/m1/s1. The molecule has 2 heterocycles. The van der Waals surface area contributed by atoms with E-state index in [9.17, 15) is 8.42 Å². The van der Waals surface area contributed by atoms with Crippen molar-refractivity contribution in [1.82, 2.24) is 19.5 Å². The number of hydrogen-bond donors (Lipinski definition) is 1. The van der Waals surface area contributed by atoms with Crippen LogP contribution in [0.25, 0.3) is 0 Å². The van der Waals surface area contributed by atoms with E-state index in [4.69, 9.17) is 4.74 Å². The molecule has 10 heteroatoms. The summed E-state index contributed by atoms with van der Waals surface area (Å²) in [6.07, 6.45) is -0.0344. The second-order valence-electron chi connectivity index (χ2n) is 5.15. The number of rotatable bonds is 7. The van der Waals surface area contributed by atoms with Crippen molar-refractivity contribution in [1.29, 1.82) is 0 Å². The average molecular weight is 423 g/mol. The zero-order valence-electron chi connectivity index (χ0n) is 13.3. The van der Waals surface area contributed by atoms with Crippen LogP contribution >= 0.6 is 27.3 Å². The van der Waals surface area contributed by atoms with Crippen LogP contribution in [0.15, 0.2) is 20.1 Å². The molecule has 0 radical (unpaired) electrons.